The first kappa shape index (κ1) is 45.9. The molecule has 53 heavy (non-hydrogen) atoms. The predicted molar refractivity (Wildman–Crippen MR) is 193 cm³/mol. The Morgan fingerprint density at radius 2 is 1.17 bits per heavy atom. The Morgan fingerprint density at radius 1 is 0.679 bits per heavy atom. The molecule has 0 saturated heterocycles. The van der Waals surface area contributed by atoms with Crippen LogP contribution in [0.25, 0.3) is 0 Å². The van der Waals surface area contributed by atoms with Crippen LogP contribution in [-0.4, -0.2) is 107 Å². The van der Waals surface area contributed by atoms with Gasteiger partial charge in [-0.25, -0.2) is 4.79 Å². The van der Waals surface area contributed by atoms with Crippen molar-refractivity contribution in [3.63, 3.8) is 0 Å². The molecule has 18 nitrogen and oxygen atoms in total. The molecule has 18 heteroatoms. The van der Waals surface area contributed by atoms with Gasteiger partial charge in [-0.1, -0.05) is 84.7 Å². The van der Waals surface area contributed by atoms with E-state index in [2.05, 4.69) is 31.9 Å². The zero-order valence-electron chi connectivity index (χ0n) is 31.1. The zero-order valence-corrected chi connectivity index (χ0v) is 31.1. The largest absolute Gasteiger partial charge is 0.480 e. The van der Waals surface area contributed by atoms with Gasteiger partial charge < -0.3 is 53.6 Å². The van der Waals surface area contributed by atoms with Gasteiger partial charge in [0.25, 0.3) is 0 Å². The van der Waals surface area contributed by atoms with Crippen LogP contribution in [0.3, 0.4) is 0 Å². The minimum Gasteiger partial charge on any atom is -0.480 e. The van der Waals surface area contributed by atoms with Gasteiger partial charge in [-0.15, -0.1) is 0 Å². The maximum absolute atomic E-state index is 13.8. The fraction of sp³-hybridized carbons (Fsp3) is 0.600. The van der Waals surface area contributed by atoms with Crippen LogP contribution in [0.15, 0.2) is 30.3 Å². The third-order valence-electron chi connectivity index (χ3n) is 8.75. The Kier molecular flexibility index (Phi) is 19.7. The number of amides is 7. The number of carbonyl (C=O) groups excluding carboxylic acids is 7. The number of benzene rings is 1. The molecule has 0 aliphatic heterocycles. The number of carbonyl (C=O) groups is 8. The molecule has 0 fully saturated rings. The van der Waals surface area contributed by atoms with Gasteiger partial charge in [-0.2, -0.15) is 0 Å². The third kappa shape index (κ3) is 15.6. The molecule has 1 aromatic rings. The van der Waals surface area contributed by atoms with Gasteiger partial charge in [0.15, 0.2) is 0 Å². The average molecular weight is 749 g/mol. The van der Waals surface area contributed by atoms with E-state index in [1.807, 2.05) is 0 Å². The summed E-state index contributed by atoms with van der Waals surface area (Å²) in [5, 5.41) is 33.4. The minimum atomic E-state index is -1.59. The van der Waals surface area contributed by atoms with Crippen LogP contribution < -0.4 is 43.4 Å². The first-order valence-electron chi connectivity index (χ1n) is 17.6. The summed E-state index contributed by atoms with van der Waals surface area (Å²) in [6, 6.07) is 1.12. The van der Waals surface area contributed by atoms with E-state index in [0.717, 1.165) is 0 Å². The number of carboxylic acid groups (broad SMARTS) is 1. The second kappa shape index (κ2) is 22.8. The van der Waals surface area contributed by atoms with Crippen molar-refractivity contribution in [3.05, 3.63) is 35.9 Å². The van der Waals surface area contributed by atoms with Crippen molar-refractivity contribution in [1.82, 2.24) is 31.9 Å². The molecule has 0 radical (unpaired) electrons. The van der Waals surface area contributed by atoms with Crippen LogP contribution in [0.4, 0.5) is 0 Å². The lowest BCUT2D eigenvalue weighted by Crippen LogP contribution is -2.61. The van der Waals surface area contributed by atoms with Gasteiger partial charge in [0, 0.05) is 6.42 Å². The number of hydrogen-bond acceptors (Lipinski definition) is 10. The highest BCUT2D eigenvalue weighted by molar-refractivity contribution is 5.97. The van der Waals surface area contributed by atoms with Crippen molar-refractivity contribution in [2.24, 2.45) is 29.2 Å². The summed E-state index contributed by atoms with van der Waals surface area (Å²) in [6.07, 6.45) is 0.467. The molecule has 1 aromatic carbocycles. The number of aliphatic hydroxyl groups excluding tert-OH is 1. The number of hydrogen-bond donors (Lipinski definition) is 10. The van der Waals surface area contributed by atoms with E-state index < -0.39 is 121 Å². The molecule has 0 saturated carbocycles. The lowest BCUT2D eigenvalue weighted by Gasteiger charge is -2.30. The van der Waals surface area contributed by atoms with Crippen LogP contribution in [0.2, 0.25) is 0 Å². The maximum atomic E-state index is 13.8. The van der Waals surface area contributed by atoms with Gasteiger partial charge in [-0.3, -0.25) is 33.6 Å². The number of aliphatic hydroxyl groups is 1. The monoisotopic (exact) mass is 748 g/mol. The molecular weight excluding hydrogens is 692 g/mol. The predicted octanol–water partition coefficient (Wildman–Crippen LogP) is -2.20. The van der Waals surface area contributed by atoms with Crippen molar-refractivity contribution in [3.8, 4) is 0 Å². The average Bonchev–Trinajstić information content (AvgIpc) is 3.11. The summed E-state index contributed by atoms with van der Waals surface area (Å²) < 4.78 is 0. The van der Waals surface area contributed by atoms with Gasteiger partial charge in [0.1, 0.15) is 30.2 Å². The van der Waals surface area contributed by atoms with E-state index in [1.165, 1.54) is 0 Å². The minimum absolute atomic E-state index is 0.000725. The topological polar surface area (TPSA) is 301 Å². The molecule has 1 rings (SSSR count). The van der Waals surface area contributed by atoms with Crippen molar-refractivity contribution in [2.75, 3.05) is 13.2 Å². The standard InChI is InChI=1S/C35H56N8O10/c1-7-19(5)28(43-34(51)29(20(6)8-2)42-30(47)22(36)15-25(37)45)33(50)39-23(14-21-12-10-9-11-13-21)31(48)38-16-26(46)41-27(18(3)4)32(49)40-24(17-44)35(52)53/h9-13,18-20,22-24,27-29,44H,7-8,14-17,36H2,1-6H3,(H2,37,45)(H,38,48)(H,39,50)(H,40,49)(H,41,46)(H,42,47)(H,43,51)(H,52,53). The van der Waals surface area contributed by atoms with Crippen LogP contribution in [0.1, 0.15) is 66.4 Å². The Balaban J connectivity index is 3.22. The van der Waals surface area contributed by atoms with Gasteiger partial charge >= 0.3 is 5.97 Å². The molecule has 7 amide bonds. The van der Waals surface area contributed by atoms with Crippen molar-refractivity contribution in [1.29, 1.82) is 0 Å². The Labute approximate surface area is 309 Å². The van der Waals surface area contributed by atoms with Crippen LogP contribution in [0, 0.1) is 17.8 Å². The van der Waals surface area contributed by atoms with Gasteiger partial charge in [-0.05, 0) is 23.3 Å². The molecule has 12 N–H and O–H groups in total. The van der Waals surface area contributed by atoms with E-state index in [-0.39, 0.29) is 6.42 Å². The third-order valence-corrected chi connectivity index (χ3v) is 8.75. The Hall–Kier alpha value is -5.10. The maximum Gasteiger partial charge on any atom is 0.328 e. The quantitative estimate of drug-likeness (QED) is 0.0573. The number of aliphatic carboxylic acids is 1. The van der Waals surface area contributed by atoms with Crippen molar-refractivity contribution >= 4 is 47.3 Å². The molecule has 0 spiro atoms. The summed E-state index contributed by atoms with van der Waals surface area (Å²) in [4.78, 5) is 102. The van der Waals surface area contributed by atoms with E-state index in [9.17, 15) is 43.5 Å². The molecule has 0 heterocycles. The fourth-order valence-electron chi connectivity index (χ4n) is 5.03. The Morgan fingerprint density at radius 3 is 1.64 bits per heavy atom. The number of nitrogens with one attached hydrogen (secondary N) is 6. The van der Waals surface area contributed by atoms with E-state index in [4.69, 9.17) is 16.6 Å². The van der Waals surface area contributed by atoms with Crippen LogP contribution in [-0.2, 0) is 44.8 Å². The molecule has 0 aliphatic rings. The number of primary amides is 1. The van der Waals surface area contributed by atoms with Gasteiger partial charge in [0.2, 0.25) is 41.4 Å². The number of rotatable bonds is 23. The van der Waals surface area contributed by atoms with Crippen LogP contribution >= 0.6 is 0 Å². The molecule has 296 valence electrons. The number of carboxylic acids is 1. The molecule has 0 aliphatic carbocycles. The molecule has 0 aromatic heterocycles. The van der Waals surface area contributed by atoms with Gasteiger partial charge in [0.05, 0.1) is 25.6 Å². The lowest BCUT2D eigenvalue weighted by molar-refractivity contribution is -0.143. The molecule has 8 atom stereocenters. The molecule has 0 bridgehead atoms. The van der Waals surface area contributed by atoms with E-state index in [0.29, 0.717) is 18.4 Å². The second-order valence-corrected chi connectivity index (χ2v) is 13.4. The summed E-state index contributed by atoms with van der Waals surface area (Å²) in [6.45, 7) is 8.78. The molecular formula is C35H56N8O10. The summed E-state index contributed by atoms with van der Waals surface area (Å²) in [5.74, 6) is -8.16. The van der Waals surface area contributed by atoms with Crippen molar-refractivity contribution in [2.45, 2.75) is 103 Å². The lowest BCUT2D eigenvalue weighted by atomic mass is 9.94. The van der Waals surface area contributed by atoms with E-state index in [1.54, 1.807) is 71.9 Å². The molecule has 8 unspecified atom stereocenters. The zero-order chi connectivity index (χ0) is 40.4. The summed E-state index contributed by atoms with van der Waals surface area (Å²) >= 11 is 0. The van der Waals surface area contributed by atoms with E-state index >= 15 is 0 Å². The highest BCUT2D eigenvalue weighted by Crippen LogP contribution is 2.14. The summed E-state index contributed by atoms with van der Waals surface area (Å²) in [5.41, 5.74) is 11.6. The number of nitrogens with two attached hydrogens (primary N) is 2. The normalized spacial score (nSPS) is 15.6. The SMILES string of the molecule is CCC(C)C(NC(=O)C(N)CC(N)=O)C(=O)NC(C(=O)NC(Cc1ccccc1)C(=O)NCC(=O)NC(C(=O)NC(CO)C(=O)O)C(C)C)C(C)CC. The first-order chi connectivity index (χ1) is 24.9. The highest BCUT2D eigenvalue weighted by atomic mass is 16.4. The Bertz CT molecular complexity index is 1430. The summed E-state index contributed by atoms with van der Waals surface area (Å²) in [7, 11) is 0. The first-order valence-corrected chi connectivity index (χ1v) is 17.6. The van der Waals surface area contributed by atoms with Crippen molar-refractivity contribution < 1.29 is 48.6 Å². The fourth-order valence-corrected chi connectivity index (χ4v) is 5.03. The van der Waals surface area contributed by atoms with Crippen LogP contribution in [0.5, 0.6) is 0 Å². The highest BCUT2D eigenvalue weighted by Gasteiger charge is 2.35. The second-order valence-electron chi connectivity index (χ2n) is 13.4. The smallest absolute Gasteiger partial charge is 0.328 e.